The van der Waals surface area contributed by atoms with Crippen molar-refractivity contribution in [2.24, 2.45) is 0 Å². The molecule has 0 aliphatic heterocycles. The van der Waals surface area contributed by atoms with Gasteiger partial charge in [0.1, 0.15) is 12.4 Å². The van der Waals surface area contributed by atoms with Gasteiger partial charge in [-0.1, -0.05) is 47.6 Å². The van der Waals surface area contributed by atoms with E-state index in [9.17, 15) is 0 Å². The molecule has 0 N–H and O–H groups in total. The van der Waals surface area contributed by atoms with E-state index in [0.29, 0.717) is 18.3 Å². The molecule has 20 heavy (non-hydrogen) atoms. The Bertz CT molecular complexity index is 692. The van der Waals surface area contributed by atoms with Crippen molar-refractivity contribution in [1.29, 1.82) is 0 Å². The van der Waals surface area contributed by atoms with Crippen molar-refractivity contribution in [3.05, 3.63) is 66.1 Å². The number of nitrogens with zero attached hydrogens (tertiary/aromatic N) is 2. The van der Waals surface area contributed by atoms with Gasteiger partial charge in [0.25, 0.3) is 0 Å². The Morgan fingerprint density at radius 1 is 1.05 bits per heavy atom. The molecule has 0 amide bonds. The molecule has 0 bridgehead atoms. The van der Waals surface area contributed by atoms with E-state index in [0.717, 1.165) is 16.9 Å². The molecule has 0 aliphatic carbocycles. The number of aryl methyl sites for hydroxylation is 1. The lowest BCUT2D eigenvalue weighted by Crippen LogP contribution is -1.95. The fourth-order valence-corrected chi connectivity index (χ4v) is 1.88. The zero-order valence-corrected chi connectivity index (χ0v) is 11.1. The lowest BCUT2D eigenvalue weighted by molar-refractivity contribution is 0.306. The van der Waals surface area contributed by atoms with E-state index in [2.05, 4.69) is 10.1 Å². The van der Waals surface area contributed by atoms with Crippen LogP contribution in [0.3, 0.4) is 0 Å². The van der Waals surface area contributed by atoms with E-state index in [4.69, 9.17) is 9.26 Å². The van der Waals surface area contributed by atoms with Crippen molar-refractivity contribution in [3.8, 4) is 17.1 Å². The van der Waals surface area contributed by atoms with Crippen molar-refractivity contribution in [1.82, 2.24) is 10.1 Å². The summed E-state index contributed by atoms with van der Waals surface area (Å²) in [5.41, 5.74) is 2.01. The Hall–Kier alpha value is -2.62. The maximum Gasteiger partial charge on any atom is 0.223 e. The highest BCUT2D eigenvalue weighted by Crippen LogP contribution is 2.22. The average Bonchev–Trinajstić information content (AvgIpc) is 2.93. The number of ether oxygens (including phenoxy) is 1. The molecule has 0 aliphatic rings. The number of hydrogen-bond acceptors (Lipinski definition) is 4. The molecule has 4 nitrogen and oxygen atoms in total. The van der Waals surface area contributed by atoms with Crippen LogP contribution in [0.25, 0.3) is 11.4 Å². The van der Waals surface area contributed by atoms with Crippen LogP contribution in [0.2, 0.25) is 0 Å². The number of aromatic nitrogens is 2. The van der Waals surface area contributed by atoms with E-state index in [-0.39, 0.29) is 0 Å². The first kappa shape index (κ1) is 12.4. The molecule has 2 aromatic carbocycles. The summed E-state index contributed by atoms with van der Waals surface area (Å²) in [6.07, 6.45) is 0. The maximum absolute atomic E-state index is 5.77. The second-order valence-corrected chi connectivity index (χ2v) is 4.44. The van der Waals surface area contributed by atoms with E-state index in [1.807, 2.05) is 54.6 Å². The summed E-state index contributed by atoms with van der Waals surface area (Å²) in [5.74, 6) is 1.91. The van der Waals surface area contributed by atoms with E-state index >= 15 is 0 Å². The molecule has 0 saturated heterocycles. The Labute approximate surface area is 117 Å². The highest BCUT2D eigenvalue weighted by atomic mass is 16.5. The van der Waals surface area contributed by atoms with Crippen LogP contribution in [0.4, 0.5) is 0 Å². The van der Waals surface area contributed by atoms with E-state index in [1.54, 1.807) is 6.92 Å². The van der Waals surface area contributed by atoms with Crippen molar-refractivity contribution >= 4 is 0 Å². The van der Waals surface area contributed by atoms with E-state index < -0.39 is 0 Å². The third-order valence-electron chi connectivity index (χ3n) is 2.87. The van der Waals surface area contributed by atoms with Crippen LogP contribution in [-0.4, -0.2) is 10.1 Å². The zero-order chi connectivity index (χ0) is 13.8. The predicted molar refractivity (Wildman–Crippen MR) is 75.2 cm³/mol. The largest absolute Gasteiger partial charge is 0.489 e. The molecule has 3 rings (SSSR count). The van der Waals surface area contributed by atoms with Crippen molar-refractivity contribution in [2.45, 2.75) is 13.5 Å². The highest BCUT2D eigenvalue weighted by Gasteiger charge is 2.06. The van der Waals surface area contributed by atoms with Gasteiger partial charge in [0.2, 0.25) is 11.7 Å². The summed E-state index contributed by atoms with van der Waals surface area (Å²) in [5, 5.41) is 3.90. The van der Waals surface area contributed by atoms with Crippen molar-refractivity contribution < 1.29 is 9.26 Å². The molecular weight excluding hydrogens is 252 g/mol. The van der Waals surface area contributed by atoms with Crippen LogP contribution in [0.15, 0.2) is 59.1 Å². The summed E-state index contributed by atoms with van der Waals surface area (Å²) < 4.78 is 10.8. The molecule has 0 fully saturated rings. The molecule has 0 saturated carbocycles. The topological polar surface area (TPSA) is 48.2 Å². The third kappa shape index (κ3) is 2.85. The van der Waals surface area contributed by atoms with Gasteiger partial charge in [0, 0.05) is 12.5 Å². The smallest absolute Gasteiger partial charge is 0.223 e. The summed E-state index contributed by atoms with van der Waals surface area (Å²) in [4.78, 5) is 4.21. The molecule has 0 radical (unpaired) electrons. The van der Waals surface area contributed by atoms with Crippen molar-refractivity contribution in [2.75, 3.05) is 0 Å². The van der Waals surface area contributed by atoms with Gasteiger partial charge in [-0.25, -0.2) is 0 Å². The summed E-state index contributed by atoms with van der Waals surface area (Å²) >= 11 is 0. The Morgan fingerprint density at radius 3 is 2.65 bits per heavy atom. The molecule has 0 unspecified atom stereocenters. The SMILES string of the molecule is Cc1nc(-c2cccc(OCc3ccccc3)c2)no1. The first-order valence-electron chi connectivity index (χ1n) is 6.39. The minimum Gasteiger partial charge on any atom is -0.489 e. The standard InChI is InChI=1S/C16H14N2O2/c1-12-17-16(18-20-12)14-8-5-9-15(10-14)19-11-13-6-3-2-4-7-13/h2-10H,11H2,1H3. The van der Waals surface area contributed by atoms with E-state index in [1.165, 1.54) is 0 Å². The predicted octanol–water partition coefficient (Wildman–Crippen LogP) is 3.62. The molecule has 3 aromatic rings. The van der Waals surface area contributed by atoms with Crippen LogP contribution in [0.1, 0.15) is 11.5 Å². The first-order valence-corrected chi connectivity index (χ1v) is 6.39. The van der Waals surface area contributed by atoms with Crippen molar-refractivity contribution in [3.63, 3.8) is 0 Å². The fourth-order valence-electron chi connectivity index (χ4n) is 1.88. The molecule has 0 atom stereocenters. The fraction of sp³-hybridized carbons (Fsp3) is 0.125. The second-order valence-electron chi connectivity index (χ2n) is 4.44. The van der Waals surface area contributed by atoms with Gasteiger partial charge in [-0.2, -0.15) is 4.98 Å². The lowest BCUT2D eigenvalue weighted by atomic mass is 10.2. The second kappa shape index (κ2) is 5.57. The summed E-state index contributed by atoms with van der Waals surface area (Å²) in [7, 11) is 0. The number of benzene rings is 2. The normalized spacial score (nSPS) is 10.4. The average molecular weight is 266 g/mol. The summed E-state index contributed by atoms with van der Waals surface area (Å²) in [6, 6.07) is 17.7. The van der Waals surface area contributed by atoms with Crippen LogP contribution in [0, 0.1) is 6.92 Å². The number of hydrogen-bond donors (Lipinski definition) is 0. The molecular formula is C16H14N2O2. The van der Waals surface area contributed by atoms with Gasteiger partial charge in [-0.15, -0.1) is 0 Å². The third-order valence-corrected chi connectivity index (χ3v) is 2.87. The van der Waals surface area contributed by atoms with Gasteiger partial charge >= 0.3 is 0 Å². The summed E-state index contributed by atoms with van der Waals surface area (Å²) in [6.45, 7) is 2.31. The quantitative estimate of drug-likeness (QED) is 0.723. The highest BCUT2D eigenvalue weighted by molar-refractivity contribution is 5.56. The van der Waals surface area contributed by atoms with Gasteiger partial charge in [0.05, 0.1) is 0 Å². The first-order chi connectivity index (χ1) is 9.81. The number of rotatable bonds is 4. The lowest BCUT2D eigenvalue weighted by Gasteiger charge is -2.06. The van der Waals surface area contributed by atoms with Gasteiger partial charge in [0.15, 0.2) is 0 Å². The Balaban J connectivity index is 1.75. The Morgan fingerprint density at radius 2 is 1.90 bits per heavy atom. The molecule has 1 heterocycles. The molecule has 1 aromatic heterocycles. The minimum atomic E-state index is 0.537. The van der Waals surface area contributed by atoms with Crippen LogP contribution >= 0.6 is 0 Å². The zero-order valence-electron chi connectivity index (χ0n) is 11.1. The van der Waals surface area contributed by atoms with Gasteiger partial charge in [-0.05, 0) is 17.7 Å². The molecule has 100 valence electrons. The van der Waals surface area contributed by atoms with Gasteiger partial charge in [-0.3, -0.25) is 0 Å². The van der Waals surface area contributed by atoms with Crippen LogP contribution in [-0.2, 0) is 6.61 Å². The molecule has 0 spiro atoms. The van der Waals surface area contributed by atoms with Crippen LogP contribution in [0.5, 0.6) is 5.75 Å². The maximum atomic E-state index is 5.77. The van der Waals surface area contributed by atoms with Gasteiger partial charge < -0.3 is 9.26 Å². The van der Waals surface area contributed by atoms with Crippen LogP contribution < -0.4 is 4.74 Å². The Kier molecular flexibility index (Phi) is 3.46. The molecule has 4 heteroatoms. The minimum absolute atomic E-state index is 0.537. The monoisotopic (exact) mass is 266 g/mol.